The number of carbonyl (C=O) groups excluding carboxylic acids is 2. The maximum absolute atomic E-state index is 14.8. The molecule has 0 spiro atoms. The number of aromatic nitrogens is 1. The number of aromatic amines is 1. The third kappa shape index (κ3) is 5.26. The molecule has 1 aromatic heterocycles. The molecule has 2 saturated heterocycles. The highest BCUT2D eigenvalue weighted by molar-refractivity contribution is 5.99. The molecule has 5 rings (SSSR count). The highest BCUT2D eigenvalue weighted by Gasteiger charge is 2.33. The molecule has 2 aromatic carbocycles. The first kappa shape index (κ1) is 25.3. The Morgan fingerprint density at radius 2 is 1.66 bits per heavy atom. The molecular formula is C27H30ClF2N3O2. The number of piperidine rings is 1. The Morgan fingerprint density at radius 1 is 0.943 bits per heavy atom. The number of hydrogen-bond donors (Lipinski definition) is 1. The van der Waals surface area contributed by atoms with Crippen LogP contribution in [0.2, 0.25) is 0 Å². The minimum absolute atomic E-state index is 0. The fourth-order valence-corrected chi connectivity index (χ4v) is 5.40. The van der Waals surface area contributed by atoms with Crippen molar-refractivity contribution >= 4 is 35.0 Å². The number of benzene rings is 2. The van der Waals surface area contributed by atoms with Crippen molar-refractivity contribution in [3.05, 3.63) is 71.4 Å². The van der Waals surface area contributed by atoms with Crippen molar-refractivity contribution < 1.29 is 18.4 Å². The summed E-state index contributed by atoms with van der Waals surface area (Å²) in [5.41, 5.74) is 1.26. The third-order valence-corrected chi connectivity index (χ3v) is 7.36. The Bertz CT molecular complexity index is 1190. The Kier molecular flexibility index (Phi) is 7.87. The highest BCUT2D eigenvalue weighted by Crippen LogP contribution is 2.28. The van der Waals surface area contributed by atoms with Gasteiger partial charge in [0.2, 0.25) is 0 Å². The molecule has 3 heterocycles. The number of hydrogen-bond acceptors (Lipinski definition) is 3. The normalized spacial score (nSPS) is 19.1. The number of halogens is 3. The SMILES string of the molecule is Cl.O=C(c1ccc(F)cc1)C1CCN(CCC2CCCN2C(=O)c2[nH]c3ccccc3c2F)CC1. The first-order chi connectivity index (χ1) is 16.5. The lowest BCUT2D eigenvalue weighted by Gasteiger charge is -2.33. The zero-order chi connectivity index (χ0) is 23.7. The molecule has 8 heteroatoms. The van der Waals surface area contributed by atoms with Crippen LogP contribution in [0, 0.1) is 17.6 Å². The summed E-state index contributed by atoms with van der Waals surface area (Å²) in [6.45, 7) is 3.15. The predicted octanol–water partition coefficient (Wildman–Crippen LogP) is 5.46. The zero-order valence-electron chi connectivity index (χ0n) is 19.5. The van der Waals surface area contributed by atoms with Gasteiger partial charge in [-0.2, -0.15) is 0 Å². The summed E-state index contributed by atoms with van der Waals surface area (Å²) in [4.78, 5) is 33.0. The lowest BCUT2D eigenvalue weighted by Crippen LogP contribution is -2.41. The van der Waals surface area contributed by atoms with Gasteiger partial charge < -0.3 is 14.8 Å². The van der Waals surface area contributed by atoms with E-state index in [9.17, 15) is 18.4 Å². The van der Waals surface area contributed by atoms with Crippen LogP contribution < -0.4 is 0 Å². The van der Waals surface area contributed by atoms with E-state index in [0.29, 0.717) is 23.0 Å². The molecular weight excluding hydrogens is 472 g/mol. The summed E-state index contributed by atoms with van der Waals surface area (Å²) in [5.74, 6) is -1.01. The van der Waals surface area contributed by atoms with Crippen molar-refractivity contribution in [2.45, 2.75) is 38.1 Å². The highest BCUT2D eigenvalue weighted by atomic mass is 35.5. The van der Waals surface area contributed by atoms with E-state index in [0.717, 1.165) is 51.7 Å². The first-order valence-electron chi connectivity index (χ1n) is 12.1. The minimum atomic E-state index is -0.473. The second-order valence-corrected chi connectivity index (χ2v) is 9.43. The van der Waals surface area contributed by atoms with E-state index in [1.807, 2.05) is 11.0 Å². The van der Waals surface area contributed by atoms with Crippen LogP contribution in [0.1, 0.15) is 53.0 Å². The van der Waals surface area contributed by atoms with Gasteiger partial charge in [-0.05, 0) is 81.6 Å². The molecule has 35 heavy (non-hydrogen) atoms. The predicted molar refractivity (Wildman–Crippen MR) is 134 cm³/mol. The second-order valence-electron chi connectivity index (χ2n) is 9.43. The molecule has 0 aliphatic carbocycles. The number of likely N-dealkylation sites (tertiary alicyclic amines) is 2. The van der Waals surface area contributed by atoms with E-state index >= 15 is 0 Å². The van der Waals surface area contributed by atoms with E-state index < -0.39 is 5.82 Å². The van der Waals surface area contributed by atoms with Gasteiger partial charge in [-0.1, -0.05) is 12.1 Å². The summed E-state index contributed by atoms with van der Waals surface area (Å²) in [5, 5.41) is 0.444. The van der Waals surface area contributed by atoms with Gasteiger partial charge in [0.15, 0.2) is 11.6 Å². The van der Waals surface area contributed by atoms with Crippen LogP contribution in [-0.4, -0.2) is 58.7 Å². The molecule has 2 fully saturated rings. The average molecular weight is 502 g/mol. The molecule has 186 valence electrons. The molecule has 1 N–H and O–H groups in total. The van der Waals surface area contributed by atoms with Crippen LogP contribution >= 0.6 is 12.4 Å². The van der Waals surface area contributed by atoms with Crippen LogP contribution in [0.25, 0.3) is 10.9 Å². The van der Waals surface area contributed by atoms with Gasteiger partial charge in [0, 0.05) is 41.5 Å². The standard InChI is InChI=1S/C27H29F2N3O2.ClH/c28-20-9-7-18(8-10-20)26(33)19-11-15-31(16-12-19)17-13-21-4-3-14-32(21)27(34)25-24(29)22-5-1-2-6-23(22)30-25;/h1-2,5-10,19,21,30H,3-4,11-17H2;1H. The summed E-state index contributed by atoms with van der Waals surface area (Å²) in [6.07, 6.45) is 4.25. The van der Waals surface area contributed by atoms with Crippen molar-refractivity contribution in [1.29, 1.82) is 0 Å². The van der Waals surface area contributed by atoms with Crippen molar-refractivity contribution in [3.63, 3.8) is 0 Å². The van der Waals surface area contributed by atoms with Crippen molar-refractivity contribution in [2.24, 2.45) is 5.92 Å². The summed E-state index contributed by atoms with van der Waals surface area (Å²) in [6, 6.07) is 12.9. The molecule has 3 aromatic rings. The number of nitrogens with zero attached hydrogens (tertiary/aromatic N) is 2. The van der Waals surface area contributed by atoms with Crippen molar-refractivity contribution in [3.8, 4) is 0 Å². The largest absolute Gasteiger partial charge is 0.348 e. The summed E-state index contributed by atoms with van der Waals surface area (Å²) in [7, 11) is 0. The van der Waals surface area contributed by atoms with Crippen molar-refractivity contribution in [1.82, 2.24) is 14.8 Å². The number of H-pyrrole nitrogens is 1. The first-order valence-corrected chi connectivity index (χ1v) is 12.1. The van der Waals surface area contributed by atoms with Crippen LogP contribution in [0.4, 0.5) is 8.78 Å². The molecule has 1 atom stereocenters. The van der Waals surface area contributed by atoms with Gasteiger partial charge in [0.25, 0.3) is 5.91 Å². The summed E-state index contributed by atoms with van der Waals surface area (Å²) >= 11 is 0. The van der Waals surface area contributed by atoms with Gasteiger partial charge in [-0.25, -0.2) is 8.78 Å². The summed E-state index contributed by atoms with van der Waals surface area (Å²) < 4.78 is 28.0. The molecule has 2 aliphatic heterocycles. The minimum Gasteiger partial charge on any atom is -0.348 e. The Labute approximate surface area is 209 Å². The van der Waals surface area contributed by atoms with E-state index in [2.05, 4.69) is 9.88 Å². The zero-order valence-corrected chi connectivity index (χ0v) is 20.3. The van der Waals surface area contributed by atoms with E-state index in [1.165, 1.54) is 12.1 Å². The van der Waals surface area contributed by atoms with Gasteiger partial charge in [0.1, 0.15) is 11.5 Å². The molecule has 2 aliphatic rings. The van der Waals surface area contributed by atoms with E-state index in [1.54, 1.807) is 30.3 Å². The van der Waals surface area contributed by atoms with Crippen LogP contribution in [0.15, 0.2) is 48.5 Å². The number of para-hydroxylation sites is 1. The topological polar surface area (TPSA) is 56.4 Å². The van der Waals surface area contributed by atoms with Gasteiger partial charge in [-0.15, -0.1) is 12.4 Å². The molecule has 1 amide bonds. The van der Waals surface area contributed by atoms with Gasteiger partial charge >= 0.3 is 0 Å². The number of Topliss-reactive ketones (excluding diaryl/α,β-unsaturated/α-hetero) is 1. The Morgan fingerprint density at radius 3 is 2.37 bits per heavy atom. The van der Waals surface area contributed by atoms with Crippen LogP contribution in [0.3, 0.4) is 0 Å². The maximum Gasteiger partial charge on any atom is 0.273 e. The Balaban J connectivity index is 0.00000289. The molecule has 1 unspecified atom stereocenters. The third-order valence-electron chi connectivity index (χ3n) is 7.36. The van der Waals surface area contributed by atoms with E-state index in [4.69, 9.17) is 0 Å². The quantitative estimate of drug-likeness (QED) is 0.456. The number of fused-ring (bicyclic) bond motifs is 1. The lowest BCUT2D eigenvalue weighted by molar-refractivity contribution is 0.0696. The Hall–Kier alpha value is -2.77. The fraction of sp³-hybridized carbons (Fsp3) is 0.407. The smallest absolute Gasteiger partial charge is 0.273 e. The van der Waals surface area contributed by atoms with Crippen molar-refractivity contribution in [2.75, 3.05) is 26.2 Å². The van der Waals surface area contributed by atoms with Gasteiger partial charge in [0.05, 0.1) is 0 Å². The second kappa shape index (κ2) is 10.9. The average Bonchev–Trinajstić information content (AvgIpc) is 3.47. The fourth-order valence-electron chi connectivity index (χ4n) is 5.40. The van der Waals surface area contributed by atoms with Gasteiger partial charge in [-0.3, -0.25) is 9.59 Å². The molecule has 0 bridgehead atoms. The van der Waals surface area contributed by atoms with Crippen LogP contribution in [0.5, 0.6) is 0 Å². The number of rotatable bonds is 6. The number of carbonyl (C=O) groups is 2. The lowest BCUT2D eigenvalue weighted by atomic mass is 9.88. The number of nitrogens with one attached hydrogen (secondary N) is 1. The monoisotopic (exact) mass is 501 g/mol. The molecule has 0 radical (unpaired) electrons. The molecule has 0 saturated carbocycles. The number of amides is 1. The van der Waals surface area contributed by atoms with E-state index in [-0.39, 0.29) is 47.6 Å². The number of ketones is 1. The maximum atomic E-state index is 14.8. The molecule has 5 nitrogen and oxygen atoms in total. The van der Waals surface area contributed by atoms with Crippen LogP contribution in [-0.2, 0) is 0 Å².